The summed E-state index contributed by atoms with van der Waals surface area (Å²) in [6.07, 6.45) is 3.62. The highest BCUT2D eigenvalue weighted by Gasteiger charge is 2.37. The summed E-state index contributed by atoms with van der Waals surface area (Å²) >= 11 is 12.2. The number of anilines is 1. The Morgan fingerprint density at radius 1 is 1.42 bits per heavy atom. The van der Waals surface area contributed by atoms with Gasteiger partial charge in [-0.15, -0.1) is 0 Å². The van der Waals surface area contributed by atoms with Crippen LogP contribution >= 0.6 is 23.2 Å². The van der Waals surface area contributed by atoms with Gasteiger partial charge in [0.25, 0.3) is 0 Å². The summed E-state index contributed by atoms with van der Waals surface area (Å²) in [6.45, 7) is 2.43. The average molecular weight is 301 g/mol. The van der Waals surface area contributed by atoms with Crippen LogP contribution in [0.4, 0.5) is 5.69 Å². The second-order valence-corrected chi connectivity index (χ2v) is 6.12. The van der Waals surface area contributed by atoms with Crippen molar-refractivity contribution in [1.29, 1.82) is 0 Å². The van der Waals surface area contributed by atoms with E-state index in [1.165, 1.54) is 0 Å². The number of hydrogen-bond acceptors (Lipinski definition) is 2. The fourth-order valence-electron chi connectivity index (χ4n) is 2.43. The van der Waals surface area contributed by atoms with E-state index in [9.17, 15) is 4.79 Å². The van der Waals surface area contributed by atoms with Gasteiger partial charge in [-0.05, 0) is 43.4 Å². The van der Waals surface area contributed by atoms with Crippen LogP contribution in [0.1, 0.15) is 31.2 Å². The molecule has 5 heteroatoms. The van der Waals surface area contributed by atoms with Crippen molar-refractivity contribution in [2.45, 2.75) is 32.6 Å². The lowest BCUT2D eigenvalue weighted by molar-refractivity contribution is -0.119. The zero-order chi connectivity index (χ0) is 14.0. The molecule has 0 saturated heterocycles. The van der Waals surface area contributed by atoms with Crippen molar-refractivity contribution in [3.63, 3.8) is 0 Å². The average Bonchev–Trinajstić information content (AvgIpc) is 2.34. The number of benzene rings is 1. The number of carbonyl (C=O) groups is 1. The molecule has 1 saturated carbocycles. The quantitative estimate of drug-likeness (QED) is 0.889. The first-order valence-electron chi connectivity index (χ1n) is 6.42. The Kier molecular flexibility index (Phi) is 4.39. The molecule has 0 aliphatic heterocycles. The molecule has 1 aromatic rings. The molecule has 0 radical (unpaired) electrons. The monoisotopic (exact) mass is 300 g/mol. The lowest BCUT2D eigenvalue weighted by atomic mass is 9.66. The number of rotatable bonds is 4. The molecule has 1 aliphatic rings. The number of nitrogens with one attached hydrogen (secondary N) is 1. The van der Waals surface area contributed by atoms with Crippen LogP contribution in [-0.2, 0) is 4.79 Å². The number of hydrogen-bond donors (Lipinski definition) is 2. The van der Waals surface area contributed by atoms with Crippen molar-refractivity contribution in [1.82, 2.24) is 0 Å². The molecule has 0 unspecified atom stereocenters. The van der Waals surface area contributed by atoms with Crippen molar-refractivity contribution in [3.05, 3.63) is 27.7 Å². The molecule has 2 rings (SSSR count). The Bertz CT molecular complexity index is 493. The van der Waals surface area contributed by atoms with Gasteiger partial charge in [0, 0.05) is 6.42 Å². The van der Waals surface area contributed by atoms with Gasteiger partial charge in [-0.2, -0.15) is 0 Å². The van der Waals surface area contributed by atoms with E-state index in [0.29, 0.717) is 28.7 Å². The maximum atomic E-state index is 12.1. The number of aryl methyl sites for hydroxylation is 1. The van der Waals surface area contributed by atoms with Crippen LogP contribution in [0.5, 0.6) is 0 Å². The molecule has 0 bridgehead atoms. The molecule has 0 atom stereocenters. The molecule has 1 fully saturated rings. The van der Waals surface area contributed by atoms with Crippen LogP contribution in [-0.4, -0.2) is 12.5 Å². The fourth-order valence-corrected chi connectivity index (χ4v) is 2.89. The molecule has 0 spiro atoms. The molecule has 0 aromatic heterocycles. The van der Waals surface area contributed by atoms with Gasteiger partial charge in [-0.3, -0.25) is 4.79 Å². The van der Waals surface area contributed by atoms with Gasteiger partial charge < -0.3 is 11.1 Å². The molecule has 3 nitrogen and oxygen atoms in total. The van der Waals surface area contributed by atoms with E-state index in [0.717, 1.165) is 24.8 Å². The van der Waals surface area contributed by atoms with E-state index in [2.05, 4.69) is 5.32 Å². The lowest BCUT2D eigenvalue weighted by Crippen LogP contribution is -2.40. The van der Waals surface area contributed by atoms with E-state index in [1.807, 2.05) is 13.0 Å². The Balaban J connectivity index is 2.09. The Morgan fingerprint density at radius 3 is 2.63 bits per heavy atom. The summed E-state index contributed by atoms with van der Waals surface area (Å²) in [5.74, 6) is -0.0699. The molecule has 0 heterocycles. The molecular formula is C14H18Cl2N2O. The number of halogens is 2. The number of nitrogens with two attached hydrogens (primary N) is 1. The third-order valence-electron chi connectivity index (χ3n) is 3.93. The molecule has 19 heavy (non-hydrogen) atoms. The molecular weight excluding hydrogens is 283 g/mol. The Labute approximate surface area is 123 Å². The maximum Gasteiger partial charge on any atom is 0.225 e. The van der Waals surface area contributed by atoms with Crippen LogP contribution in [0.25, 0.3) is 0 Å². The fraction of sp³-hybridized carbons (Fsp3) is 0.500. The van der Waals surface area contributed by atoms with E-state index < -0.39 is 0 Å². The SMILES string of the molecule is Cc1ccc(Cl)c(NC(=O)CC2(CN)CCC2)c1Cl. The zero-order valence-electron chi connectivity index (χ0n) is 10.9. The highest BCUT2D eigenvalue weighted by molar-refractivity contribution is 6.40. The summed E-state index contributed by atoms with van der Waals surface area (Å²) in [5, 5.41) is 3.77. The molecule has 1 amide bonds. The van der Waals surface area contributed by atoms with E-state index in [1.54, 1.807) is 6.07 Å². The van der Waals surface area contributed by atoms with Crippen LogP contribution < -0.4 is 11.1 Å². The smallest absolute Gasteiger partial charge is 0.225 e. The Hall–Kier alpha value is -0.770. The standard InChI is InChI=1S/C14H18Cl2N2O/c1-9-3-4-10(15)13(12(9)16)18-11(19)7-14(8-17)5-2-6-14/h3-4H,2,5-8,17H2,1H3,(H,18,19). The second-order valence-electron chi connectivity index (χ2n) is 5.34. The highest BCUT2D eigenvalue weighted by Crippen LogP contribution is 2.43. The number of amides is 1. The van der Waals surface area contributed by atoms with Gasteiger partial charge in [0.15, 0.2) is 0 Å². The van der Waals surface area contributed by atoms with Crippen molar-refractivity contribution < 1.29 is 4.79 Å². The lowest BCUT2D eigenvalue weighted by Gasteiger charge is -2.40. The minimum absolute atomic E-state index is 0.0210. The summed E-state index contributed by atoms with van der Waals surface area (Å²) < 4.78 is 0. The van der Waals surface area contributed by atoms with Crippen molar-refractivity contribution in [2.24, 2.45) is 11.1 Å². The van der Waals surface area contributed by atoms with Crippen LogP contribution in [0.2, 0.25) is 10.0 Å². The van der Waals surface area contributed by atoms with E-state index in [-0.39, 0.29) is 11.3 Å². The van der Waals surface area contributed by atoms with Crippen LogP contribution in [0.3, 0.4) is 0 Å². The Morgan fingerprint density at radius 2 is 2.11 bits per heavy atom. The topological polar surface area (TPSA) is 55.1 Å². The zero-order valence-corrected chi connectivity index (χ0v) is 12.4. The summed E-state index contributed by atoms with van der Waals surface area (Å²) in [7, 11) is 0. The minimum atomic E-state index is -0.0699. The third kappa shape index (κ3) is 3.04. The van der Waals surface area contributed by atoms with Gasteiger partial charge in [-0.1, -0.05) is 35.7 Å². The van der Waals surface area contributed by atoms with Gasteiger partial charge in [0.2, 0.25) is 5.91 Å². The van der Waals surface area contributed by atoms with Gasteiger partial charge in [0.1, 0.15) is 0 Å². The number of carbonyl (C=O) groups excluding carboxylic acids is 1. The highest BCUT2D eigenvalue weighted by atomic mass is 35.5. The molecule has 1 aromatic carbocycles. The maximum absolute atomic E-state index is 12.1. The first-order valence-corrected chi connectivity index (χ1v) is 7.17. The molecule has 3 N–H and O–H groups in total. The van der Waals surface area contributed by atoms with Crippen LogP contribution in [0.15, 0.2) is 12.1 Å². The predicted molar refractivity (Wildman–Crippen MR) is 79.8 cm³/mol. The minimum Gasteiger partial charge on any atom is -0.330 e. The first kappa shape index (κ1) is 14.6. The normalized spacial score (nSPS) is 16.8. The van der Waals surface area contributed by atoms with Gasteiger partial charge in [0.05, 0.1) is 15.7 Å². The largest absolute Gasteiger partial charge is 0.330 e. The van der Waals surface area contributed by atoms with Crippen molar-refractivity contribution >= 4 is 34.8 Å². The summed E-state index contributed by atoms with van der Waals surface area (Å²) in [6, 6.07) is 3.56. The van der Waals surface area contributed by atoms with Gasteiger partial charge in [-0.25, -0.2) is 0 Å². The van der Waals surface area contributed by atoms with Crippen LogP contribution in [0, 0.1) is 12.3 Å². The first-order chi connectivity index (χ1) is 8.97. The second kappa shape index (κ2) is 5.70. The van der Waals surface area contributed by atoms with Crippen molar-refractivity contribution in [2.75, 3.05) is 11.9 Å². The molecule has 104 valence electrons. The third-order valence-corrected chi connectivity index (χ3v) is 4.73. The summed E-state index contributed by atoms with van der Waals surface area (Å²) in [5.41, 5.74) is 7.13. The van der Waals surface area contributed by atoms with Crippen molar-refractivity contribution in [3.8, 4) is 0 Å². The van der Waals surface area contributed by atoms with E-state index >= 15 is 0 Å². The van der Waals surface area contributed by atoms with Gasteiger partial charge >= 0.3 is 0 Å². The molecule has 1 aliphatic carbocycles. The summed E-state index contributed by atoms with van der Waals surface area (Å²) in [4.78, 5) is 12.1. The predicted octanol–water partition coefficient (Wildman–Crippen LogP) is 3.76. The van der Waals surface area contributed by atoms with E-state index in [4.69, 9.17) is 28.9 Å².